The van der Waals surface area contributed by atoms with Crippen molar-refractivity contribution in [2.45, 2.75) is 51.4 Å². The standard InChI is InChI=1S/C11H17NO5/c1-6(13)12-8-7(16-10(12,2)3)11(4,17-8)9(14)15-5/h7-8H,1-5H3. The van der Waals surface area contributed by atoms with Gasteiger partial charge in [0.1, 0.15) is 11.8 Å². The van der Waals surface area contributed by atoms with Crippen LogP contribution in [0.1, 0.15) is 27.7 Å². The van der Waals surface area contributed by atoms with E-state index in [1.807, 2.05) is 0 Å². The van der Waals surface area contributed by atoms with Gasteiger partial charge in [-0.1, -0.05) is 0 Å². The summed E-state index contributed by atoms with van der Waals surface area (Å²) in [5.74, 6) is -0.630. The van der Waals surface area contributed by atoms with Gasteiger partial charge in [-0.3, -0.25) is 9.69 Å². The van der Waals surface area contributed by atoms with Gasteiger partial charge in [0.15, 0.2) is 11.8 Å². The summed E-state index contributed by atoms with van der Waals surface area (Å²) in [7, 11) is 1.30. The Balaban J connectivity index is 2.25. The van der Waals surface area contributed by atoms with Crippen LogP contribution in [0, 0.1) is 0 Å². The van der Waals surface area contributed by atoms with E-state index in [9.17, 15) is 9.59 Å². The van der Waals surface area contributed by atoms with E-state index in [1.54, 1.807) is 20.8 Å². The van der Waals surface area contributed by atoms with Gasteiger partial charge in [-0.25, -0.2) is 4.79 Å². The van der Waals surface area contributed by atoms with Crippen LogP contribution in [0.25, 0.3) is 0 Å². The molecule has 6 nitrogen and oxygen atoms in total. The summed E-state index contributed by atoms with van der Waals surface area (Å²) < 4.78 is 15.9. The average molecular weight is 243 g/mol. The molecule has 0 saturated carbocycles. The lowest BCUT2D eigenvalue weighted by atomic mass is 9.91. The zero-order valence-electron chi connectivity index (χ0n) is 10.6. The Hall–Kier alpha value is -1.14. The van der Waals surface area contributed by atoms with Gasteiger partial charge in [-0.2, -0.15) is 0 Å². The van der Waals surface area contributed by atoms with Crippen molar-refractivity contribution in [3.8, 4) is 0 Å². The molecule has 0 N–H and O–H groups in total. The molecule has 2 fully saturated rings. The fraction of sp³-hybridized carbons (Fsp3) is 0.818. The molecule has 96 valence electrons. The van der Waals surface area contributed by atoms with E-state index in [0.717, 1.165) is 0 Å². The topological polar surface area (TPSA) is 65.1 Å². The Morgan fingerprint density at radius 2 is 1.82 bits per heavy atom. The molecule has 0 aromatic heterocycles. The van der Waals surface area contributed by atoms with Gasteiger partial charge in [0.05, 0.1) is 7.11 Å². The number of ether oxygens (including phenoxy) is 3. The minimum absolute atomic E-state index is 0.144. The highest BCUT2D eigenvalue weighted by atomic mass is 16.7. The first kappa shape index (κ1) is 12.3. The van der Waals surface area contributed by atoms with Gasteiger partial charge in [0, 0.05) is 6.92 Å². The van der Waals surface area contributed by atoms with Gasteiger partial charge in [-0.15, -0.1) is 0 Å². The second-order valence-corrected chi connectivity index (χ2v) is 4.98. The SMILES string of the molecule is COC(=O)C1(C)OC2C1OC(C)(C)N2C(C)=O. The molecule has 2 aliphatic heterocycles. The number of amides is 1. The number of fused-ring (bicyclic) bond motifs is 1. The number of carbonyl (C=O) groups excluding carboxylic acids is 2. The highest BCUT2D eigenvalue weighted by Gasteiger charge is 2.69. The van der Waals surface area contributed by atoms with Gasteiger partial charge in [0.25, 0.3) is 0 Å². The molecule has 3 unspecified atom stereocenters. The molecule has 2 heterocycles. The summed E-state index contributed by atoms with van der Waals surface area (Å²) in [6.45, 7) is 6.60. The second kappa shape index (κ2) is 3.43. The number of hydrogen-bond donors (Lipinski definition) is 0. The maximum absolute atomic E-state index is 11.6. The molecule has 2 saturated heterocycles. The summed E-state index contributed by atoms with van der Waals surface area (Å²) in [4.78, 5) is 24.7. The van der Waals surface area contributed by atoms with Crippen molar-refractivity contribution in [1.82, 2.24) is 4.90 Å². The van der Waals surface area contributed by atoms with Crippen molar-refractivity contribution in [2.24, 2.45) is 0 Å². The Morgan fingerprint density at radius 1 is 1.24 bits per heavy atom. The molecule has 3 atom stereocenters. The molecule has 6 heteroatoms. The number of esters is 1. The lowest BCUT2D eigenvalue weighted by Crippen LogP contribution is -2.69. The number of nitrogens with zero attached hydrogens (tertiary/aromatic N) is 1. The van der Waals surface area contributed by atoms with Crippen molar-refractivity contribution in [3.63, 3.8) is 0 Å². The maximum atomic E-state index is 11.6. The van der Waals surface area contributed by atoms with Gasteiger partial charge >= 0.3 is 5.97 Å². The van der Waals surface area contributed by atoms with Crippen molar-refractivity contribution < 1.29 is 23.8 Å². The van der Waals surface area contributed by atoms with E-state index in [2.05, 4.69) is 4.74 Å². The Morgan fingerprint density at radius 3 is 2.29 bits per heavy atom. The number of methoxy groups -OCH3 is 1. The maximum Gasteiger partial charge on any atom is 0.340 e. The van der Waals surface area contributed by atoms with Gasteiger partial charge in [0.2, 0.25) is 5.91 Å². The van der Waals surface area contributed by atoms with E-state index in [4.69, 9.17) is 9.47 Å². The van der Waals surface area contributed by atoms with Crippen molar-refractivity contribution in [3.05, 3.63) is 0 Å². The first-order valence-corrected chi connectivity index (χ1v) is 5.48. The van der Waals surface area contributed by atoms with Crippen LogP contribution in [-0.4, -0.2) is 47.5 Å². The summed E-state index contributed by atoms with van der Waals surface area (Å²) in [6, 6.07) is 0. The molecule has 2 rings (SSSR count). The van der Waals surface area contributed by atoms with Crippen LogP contribution < -0.4 is 0 Å². The zero-order valence-corrected chi connectivity index (χ0v) is 10.6. The third-order valence-electron chi connectivity index (χ3n) is 3.35. The van der Waals surface area contributed by atoms with E-state index in [-0.39, 0.29) is 5.91 Å². The highest BCUT2D eigenvalue weighted by Crippen LogP contribution is 2.47. The third-order valence-corrected chi connectivity index (χ3v) is 3.35. The van der Waals surface area contributed by atoms with E-state index in [1.165, 1.54) is 18.9 Å². The first-order chi connectivity index (χ1) is 7.74. The zero-order chi connectivity index (χ0) is 13.0. The van der Waals surface area contributed by atoms with Crippen LogP contribution in [-0.2, 0) is 23.8 Å². The molecule has 0 aromatic rings. The predicted octanol–water partition coefficient (Wildman–Crippen LogP) is 0.258. The number of rotatable bonds is 1. The molecule has 17 heavy (non-hydrogen) atoms. The largest absolute Gasteiger partial charge is 0.467 e. The highest BCUT2D eigenvalue weighted by molar-refractivity contribution is 5.82. The number of carbonyl (C=O) groups is 2. The van der Waals surface area contributed by atoms with Crippen LogP contribution >= 0.6 is 0 Å². The summed E-state index contributed by atoms with van der Waals surface area (Å²) in [6.07, 6.45) is -0.986. The van der Waals surface area contributed by atoms with Crippen LogP contribution in [0.5, 0.6) is 0 Å². The van der Waals surface area contributed by atoms with Crippen LogP contribution in [0.15, 0.2) is 0 Å². The monoisotopic (exact) mass is 243 g/mol. The van der Waals surface area contributed by atoms with Gasteiger partial charge < -0.3 is 14.2 Å². The normalized spacial score (nSPS) is 38.3. The Bertz CT molecular complexity index is 380. The fourth-order valence-electron chi connectivity index (χ4n) is 2.54. The van der Waals surface area contributed by atoms with Crippen molar-refractivity contribution >= 4 is 11.9 Å². The molecule has 0 bridgehead atoms. The predicted molar refractivity (Wildman–Crippen MR) is 56.8 cm³/mol. The summed E-state index contributed by atoms with van der Waals surface area (Å²) in [5, 5.41) is 0. The van der Waals surface area contributed by atoms with Crippen LogP contribution in [0.2, 0.25) is 0 Å². The molecule has 0 radical (unpaired) electrons. The molecule has 0 aliphatic carbocycles. The third kappa shape index (κ3) is 1.47. The van der Waals surface area contributed by atoms with Crippen molar-refractivity contribution in [1.29, 1.82) is 0 Å². The molecule has 0 aromatic carbocycles. The number of hydrogen-bond acceptors (Lipinski definition) is 5. The van der Waals surface area contributed by atoms with E-state index >= 15 is 0 Å². The van der Waals surface area contributed by atoms with Gasteiger partial charge in [-0.05, 0) is 20.8 Å². The van der Waals surface area contributed by atoms with E-state index < -0.39 is 29.6 Å². The summed E-state index contributed by atoms with van der Waals surface area (Å²) >= 11 is 0. The Kier molecular flexibility index (Phi) is 2.48. The molecule has 2 aliphatic rings. The fourth-order valence-corrected chi connectivity index (χ4v) is 2.54. The summed E-state index contributed by atoms with van der Waals surface area (Å²) in [5.41, 5.74) is -1.90. The lowest BCUT2D eigenvalue weighted by molar-refractivity contribution is -0.279. The second-order valence-electron chi connectivity index (χ2n) is 4.98. The molecular formula is C11H17NO5. The lowest BCUT2D eigenvalue weighted by Gasteiger charge is -2.47. The molecule has 1 amide bonds. The van der Waals surface area contributed by atoms with Crippen LogP contribution in [0.4, 0.5) is 0 Å². The minimum Gasteiger partial charge on any atom is -0.467 e. The average Bonchev–Trinajstić information content (AvgIpc) is 2.45. The minimum atomic E-state index is -1.12. The van der Waals surface area contributed by atoms with Crippen LogP contribution in [0.3, 0.4) is 0 Å². The quantitative estimate of drug-likeness (QED) is 0.618. The van der Waals surface area contributed by atoms with E-state index in [0.29, 0.717) is 0 Å². The molecule has 0 spiro atoms. The first-order valence-electron chi connectivity index (χ1n) is 5.48. The Labute approximate surface area is 99.8 Å². The smallest absolute Gasteiger partial charge is 0.340 e. The van der Waals surface area contributed by atoms with Crippen molar-refractivity contribution in [2.75, 3.05) is 7.11 Å². The molecular weight excluding hydrogens is 226 g/mol.